The highest BCUT2D eigenvalue weighted by atomic mass is 32.2. The SMILES string of the molecule is Cc1cc2occ(CC(=O)OCC(=O)N(C3CC3)[C@H]3CCS(=O)(=O)C3)c2cc1C. The molecule has 2 fully saturated rings. The van der Waals surface area contributed by atoms with Crippen molar-refractivity contribution < 1.29 is 27.2 Å². The van der Waals surface area contributed by atoms with E-state index in [0.717, 1.165) is 34.9 Å². The Bertz CT molecular complexity index is 1070. The van der Waals surface area contributed by atoms with Crippen molar-refractivity contribution >= 4 is 32.7 Å². The number of hydrogen-bond acceptors (Lipinski definition) is 6. The number of sulfone groups is 1. The molecule has 1 aromatic carbocycles. The minimum atomic E-state index is -3.08. The van der Waals surface area contributed by atoms with Gasteiger partial charge in [0.05, 0.1) is 24.2 Å². The van der Waals surface area contributed by atoms with Crippen LogP contribution in [0.5, 0.6) is 0 Å². The Kier molecular flexibility index (Phi) is 5.14. The van der Waals surface area contributed by atoms with Crippen LogP contribution >= 0.6 is 0 Å². The maximum absolute atomic E-state index is 12.7. The lowest BCUT2D eigenvalue weighted by Crippen LogP contribution is -2.44. The van der Waals surface area contributed by atoms with Crippen LogP contribution in [0.25, 0.3) is 11.0 Å². The van der Waals surface area contributed by atoms with E-state index in [1.807, 2.05) is 26.0 Å². The number of amides is 1. The van der Waals surface area contributed by atoms with E-state index in [1.165, 1.54) is 0 Å². The number of ether oxygens (including phenoxy) is 1. The normalized spacial score (nSPS) is 20.7. The summed E-state index contributed by atoms with van der Waals surface area (Å²) in [7, 11) is -3.08. The monoisotopic (exact) mass is 419 g/mol. The second-order valence-corrected chi connectivity index (χ2v) is 10.3. The van der Waals surface area contributed by atoms with Crippen molar-refractivity contribution in [3.8, 4) is 0 Å². The second-order valence-electron chi connectivity index (χ2n) is 8.12. The number of benzene rings is 1. The molecular weight excluding hydrogens is 394 g/mol. The molecule has 1 aliphatic heterocycles. The first-order valence-electron chi connectivity index (χ1n) is 9.88. The lowest BCUT2D eigenvalue weighted by molar-refractivity contribution is -0.152. The molecule has 1 atom stereocenters. The molecule has 2 aliphatic rings. The van der Waals surface area contributed by atoms with Crippen LogP contribution in [0.4, 0.5) is 0 Å². The van der Waals surface area contributed by atoms with E-state index in [1.54, 1.807) is 11.2 Å². The highest BCUT2D eigenvalue weighted by molar-refractivity contribution is 7.91. The van der Waals surface area contributed by atoms with E-state index in [2.05, 4.69) is 0 Å². The number of aryl methyl sites for hydroxylation is 2. The van der Waals surface area contributed by atoms with Crippen LogP contribution in [-0.2, 0) is 30.6 Å². The molecule has 0 spiro atoms. The number of fused-ring (bicyclic) bond motifs is 1. The first-order valence-corrected chi connectivity index (χ1v) is 11.7. The summed E-state index contributed by atoms with van der Waals surface area (Å²) < 4.78 is 34.3. The van der Waals surface area contributed by atoms with Gasteiger partial charge in [0.1, 0.15) is 5.58 Å². The highest BCUT2D eigenvalue weighted by Gasteiger charge is 2.42. The standard InChI is InChI=1S/C21H25NO6S/c1-13-7-18-15(10-27-19(18)8-14(13)2)9-21(24)28-11-20(23)22(16-3-4-16)17-5-6-29(25,26)12-17/h7-8,10,16-17H,3-6,9,11-12H2,1-2H3/t17-/m0/s1. The zero-order chi connectivity index (χ0) is 20.8. The molecule has 0 radical (unpaired) electrons. The van der Waals surface area contributed by atoms with E-state index < -0.39 is 15.8 Å². The van der Waals surface area contributed by atoms with Crippen LogP contribution in [0.2, 0.25) is 0 Å². The number of nitrogens with zero attached hydrogens (tertiary/aromatic N) is 1. The Morgan fingerprint density at radius 3 is 2.52 bits per heavy atom. The van der Waals surface area contributed by atoms with Gasteiger partial charge in [0, 0.05) is 23.0 Å². The molecule has 0 unspecified atom stereocenters. The molecule has 1 saturated heterocycles. The van der Waals surface area contributed by atoms with Crippen LogP contribution in [0.15, 0.2) is 22.8 Å². The lowest BCUT2D eigenvalue weighted by Gasteiger charge is -2.28. The van der Waals surface area contributed by atoms with Crippen molar-refractivity contribution in [2.75, 3.05) is 18.1 Å². The van der Waals surface area contributed by atoms with Crippen molar-refractivity contribution in [2.24, 2.45) is 0 Å². The summed E-state index contributed by atoms with van der Waals surface area (Å²) in [6, 6.07) is 3.69. The summed E-state index contributed by atoms with van der Waals surface area (Å²) in [6.45, 7) is 3.63. The molecule has 4 rings (SSSR count). The Hall–Kier alpha value is -2.35. The number of esters is 1. The molecule has 1 aliphatic carbocycles. The fraction of sp³-hybridized carbons (Fsp3) is 0.524. The molecule has 1 amide bonds. The molecule has 2 heterocycles. The van der Waals surface area contributed by atoms with Crippen molar-refractivity contribution in [3.63, 3.8) is 0 Å². The van der Waals surface area contributed by atoms with Gasteiger partial charge in [-0.15, -0.1) is 0 Å². The minimum Gasteiger partial charge on any atom is -0.464 e. The Morgan fingerprint density at radius 1 is 1.14 bits per heavy atom. The largest absolute Gasteiger partial charge is 0.464 e. The van der Waals surface area contributed by atoms with E-state index >= 15 is 0 Å². The maximum atomic E-state index is 12.7. The van der Waals surface area contributed by atoms with Gasteiger partial charge < -0.3 is 14.1 Å². The zero-order valence-electron chi connectivity index (χ0n) is 16.6. The van der Waals surface area contributed by atoms with Crippen LogP contribution in [0.1, 0.15) is 36.0 Å². The molecule has 2 aromatic rings. The van der Waals surface area contributed by atoms with E-state index in [4.69, 9.17) is 9.15 Å². The number of furan rings is 1. The Morgan fingerprint density at radius 2 is 1.86 bits per heavy atom. The molecule has 8 heteroatoms. The topological polar surface area (TPSA) is 93.9 Å². The van der Waals surface area contributed by atoms with Gasteiger partial charge >= 0.3 is 5.97 Å². The summed E-state index contributed by atoms with van der Waals surface area (Å²) in [5.74, 6) is -0.704. The fourth-order valence-corrected chi connectivity index (χ4v) is 5.66. The first kappa shape index (κ1) is 19.9. The van der Waals surface area contributed by atoms with Gasteiger partial charge in [-0.2, -0.15) is 0 Å². The van der Waals surface area contributed by atoms with Gasteiger partial charge in [-0.05, 0) is 56.4 Å². The van der Waals surface area contributed by atoms with Crippen LogP contribution in [0, 0.1) is 13.8 Å². The number of carbonyl (C=O) groups excluding carboxylic acids is 2. The van der Waals surface area contributed by atoms with Gasteiger partial charge in [-0.3, -0.25) is 9.59 Å². The van der Waals surface area contributed by atoms with Gasteiger partial charge in [0.2, 0.25) is 0 Å². The van der Waals surface area contributed by atoms with Crippen molar-refractivity contribution in [3.05, 3.63) is 35.1 Å². The van der Waals surface area contributed by atoms with Crippen LogP contribution in [-0.4, -0.2) is 55.4 Å². The highest BCUT2D eigenvalue weighted by Crippen LogP contribution is 2.32. The molecule has 29 heavy (non-hydrogen) atoms. The average molecular weight is 419 g/mol. The van der Waals surface area contributed by atoms with Crippen LogP contribution < -0.4 is 0 Å². The predicted molar refractivity (Wildman–Crippen MR) is 107 cm³/mol. The van der Waals surface area contributed by atoms with Gasteiger partial charge in [0.25, 0.3) is 5.91 Å². The fourth-order valence-electron chi connectivity index (χ4n) is 3.95. The van der Waals surface area contributed by atoms with Crippen molar-refractivity contribution in [1.29, 1.82) is 0 Å². The molecule has 1 aromatic heterocycles. The van der Waals surface area contributed by atoms with E-state index in [-0.39, 0.29) is 42.5 Å². The van der Waals surface area contributed by atoms with Crippen LogP contribution in [0.3, 0.4) is 0 Å². The number of hydrogen-bond donors (Lipinski definition) is 0. The van der Waals surface area contributed by atoms with Gasteiger partial charge in [-0.25, -0.2) is 8.42 Å². The molecule has 0 bridgehead atoms. The quantitative estimate of drug-likeness (QED) is 0.667. The molecule has 0 N–H and O–H groups in total. The predicted octanol–water partition coefficient (Wildman–Crippen LogP) is 2.31. The Labute approximate surface area is 169 Å². The summed E-state index contributed by atoms with van der Waals surface area (Å²) in [5.41, 5.74) is 3.66. The maximum Gasteiger partial charge on any atom is 0.310 e. The van der Waals surface area contributed by atoms with Crippen molar-refractivity contribution in [2.45, 2.75) is 51.6 Å². The molecule has 156 valence electrons. The smallest absolute Gasteiger partial charge is 0.310 e. The average Bonchev–Trinajstić information content (AvgIpc) is 3.32. The van der Waals surface area contributed by atoms with Gasteiger partial charge in [0.15, 0.2) is 16.4 Å². The first-order chi connectivity index (χ1) is 13.7. The number of rotatable bonds is 6. The summed E-state index contributed by atoms with van der Waals surface area (Å²) in [4.78, 5) is 26.6. The van der Waals surface area contributed by atoms with E-state index in [9.17, 15) is 18.0 Å². The summed E-state index contributed by atoms with van der Waals surface area (Å²) in [5, 5.41) is 0.868. The third kappa shape index (κ3) is 4.32. The summed E-state index contributed by atoms with van der Waals surface area (Å²) >= 11 is 0. The minimum absolute atomic E-state index is 0.00294. The van der Waals surface area contributed by atoms with Gasteiger partial charge in [-0.1, -0.05) is 0 Å². The van der Waals surface area contributed by atoms with E-state index in [0.29, 0.717) is 12.0 Å². The summed E-state index contributed by atoms with van der Waals surface area (Å²) in [6.07, 6.45) is 3.76. The molecule has 7 nitrogen and oxygen atoms in total. The van der Waals surface area contributed by atoms with Crippen molar-refractivity contribution in [1.82, 2.24) is 4.90 Å². The number of carbonyl (C=O) groups is 2. The third-order valence-electron chi connectivity index (χ3n) is 5.79. The molecular formula is C21H25NO6S. The second kappa shape index (κ2) is 7.48. The molecule has 1 saturated carbocycles. The Balaban J connectivity index is 1.38. The zero-order valence-corrected chi connectivity index (χ0v) is 17.5. The third-order valence-corrected chi connectivity index (χ3v) is 7.54. The lowest BCUT2D eigenvalue weighted by atomic mass is 10.0.